The van der Waals surface area contributed by atoms with E-state index in [1.165, 1.54) is 29.6 Å². The van der Waals surface area contributed by atoms with Gasteiger partial charge in [0.1, 0.15) is 0 Å². The highest BCUT2D eigenvalue weighted by Crippen LogP contribution is 2.28. The number of rotatable bonds is 1. The van der Waals surface area contributed by atoms with Gasteiger partial charge in [0.25, 0.3) is 0 Å². The molecule has 0 saturated carbocycles. The lowest BCUT2D eigenvalue weighted by atomic mass is 10.3. The largest absolute Gasteiger partial charge is 0.375 e. The van der Waals surface area contributed by atoms with Crippen LogP contribution in [0.15, 0.2) is 45.3 Å². The lowest BCUT2D eigenvalue weighted by Crippen LogP contribution is -2.04. The summed E-state index contributed by atoms with van der Waals surface area (Å²) in [5, 5.41) is 3.93. The van der Waals surface area contributed by atoms with E-state index in [-0.39, 0.29) is 5.91 Å². The van der Waals surface area contributed by atoms with Crippen molar-refractivity contribution in [3.8, 4) is 0 Å². The average Bonchev–Trinajstić information content (AvgIpc) is 3.07. The molecule has 0 radical (unpaired) electrons. The van der Waals surface area contributed by atoms with E-state index >= 15 is 0 Å². The molecule has 2 aromatic carbocycles. The number of carbonyl (C=O) groups excluding carboxylic acids is 1. The van der Waals surface area contributed by atoms with E-state index in [0.717, 1.165) is 29.4 Å². The van der Waals surface area contributed by atoms with E-state index in [9.17, 15) is 4.79 Å². The van der Waals surface area contributed by atoms with Gasteiger partial charge in [0.05, 0.1) is 20.4 Å². The van der Waals surface area contributed by atoms with Crippen LogP contribution in [0.25, 0.3) is 20.4 Å². The molecule has 0 saturated heterocycles. The number of nitrogens with two attached hydrogens (primary N) is 1. The molecule has 2 heterocycles. The molecule has 0 aliphatic carbocycles. The van der Waals surface area contributed by atoms with Crippen molar-refractivity contribution >= 4 is 91.1 Å². The second kappa shape index (κ2) is 7.77. The normalized spacial score (nSPS) is 10.5. The van der Waals surface area contributed by atoms with Crippen LogP contribution in [0.4, 0.5) is 10.3 Å². The Bertz CT molecular complexity index is 1060. The van der Waals surface area contributed by atoms with E-state index in [1.807, 2.05) is 36.4 Å². The van der Waals surface area contributed by atoms with Gasteiger partial charge in [0, 0.05) is 15.9 Å². The third-order valence-corrected chi connectivity index (χ3v) is 5.77. The van der Waals surface area contributed by atoms with Crippen molar-refractivity contribution in [3.05, 3.63) is 45.3 Å². The zero-order valence-electron chi connectivity index (χ0n) is 12.9. The first kappa shape index (κ1) is 18.2. The number of nitrogens with one attached hydrogen (secondary N) is 1. The molecule has 5 nitrogen and oxygen atoms in total. The standard InChI is InChI=1S/C9H7BrN2OS.C7H5BrN2S/c1-5(13)11-9-12-7-3-2-6(10)4-8(7)14-9;8-4-1-2-5-6(3-4)11-7(9)10-5/h2-4H,1H3,(H,11,12,13);1-3H,(H2,9,10). The minimum Gasteiger partial charge on any atom is -0.375 e. The van der Waals surface area contributed by atoms with Crippen LogP contribution in [0, 0.1) is 0 Å². The van der Waals surface area contributed by atoms with Crippen LogP contribution in [0.2, 0.25) is 0 Å². The first-order valence-corrected chi connectivity index (χ1v) is 10.3. The first-order valence-electron chi connectivity index (χ1n) is 7.06. The number of thiazole rings is 2. The topological polar surface area (TPSA) is 80.9 Å². The van der Waals surface area contributed by atoms with Gasteiger partial charge >= 0.3 is 0 Å². The van der Waals surface area contributed by atoms with Gasteiger partial charge in [-0.2, -0.15) is 0 Å². The highest BCUT2D eigenvalue weighted by molar-refractivity contribution is 9.10. The molecule has 3 N–H and O–H groups in total. The Balaban J connectivity index is 0.000000150. The van der Waals surface area contributed by atoms with Gasteiger partial charge in [0.15, 0.2) is 10.3 Å². The fraction of sp³-hybridized carbons (Fsp3) is 0.0625. The summed E-state index contributed by atoms with van der Waals surface area (Å²) in [6, 6.07) is 11.8. The van der Waals surface area contributed by atoms with Crippen molar-refractivity contribution in [2.75, 3.05) is 11.1 Å². The van der Waals surface area contributed by atoms with Crippen LogP contribution in [0.3, 0.4) is 0 Å². The Morgan fingerprint density at radius 2 is 1.56 bits per heavy atom. The van der Waals surface area contributed by atoms with Crippen molar-refractivity contribution in [1.82, 2.24) is 9.97 Å². The predicted octanol–water partition coefficient (Wildman–Crippen LogP) is 5.66. The van der Waals surface area contributed by atoms with Gasteiger partial charge in [-0.05, 0) is 36.4 Å². The molecule has 1 amide bonds. The zero-order chi connectivity index (χ0) is 18.0. The number of hydrogen-bond acceptors (Lipinski definition) is 6. The molecular formula is C16H12Br2N4OS2. The highest BCUT2D eigenvalue weighted by Gasteiger charge is 2.04. The molecular weight excluding hydrogens is 488 g/mol. The molecule has 4 aromatic rings. The maximum Gasteiger partial charge on any atom is 0.223 e. The quantitative estimate of drug-likeness (QED) is 0.354. The smallest absolute Gasteiger partial charge is 0.223 e. The second-order valence-electron chi connectivity index (χ2n) is 4.98. The van der Waals surface area contributed by atoms with Crippen molar-refractivity contribution in [2.45, 2.75) is 6.92 Å². The predicted molar refractivity (Wildman–Crippen MR) is 113 cm³/mol. The summed E-state index contributed by atoms with van der Waals surface area (Å²) in [4.78, 5) is 19.2. The number of halogens is 2. The van der Waals surface area contributed by atoms with Gasteiger partial charge in [0.2, 0.25) is 5.91 Å². The minimum atomic E-state index is -0.0943. The van der Waals surface area contributed by atoms with Gasteiger partial charge in [-0.25, -0.2) is 9.97 Å². The Morgan fingerprint density at radius 3 is 2.16 bits per heavy atom. The molecule has 0 spiro atoms. The third kappa shape index (κ3) is 4.75. The van der Waals surface area contributed by atoms with Crippen molar-refractivity contribution in [3.63, 3.8) is 0 Å². The van der Waals surface area contributed by atoms with Crippen molar-refractivity contribution in [2.24, 2.45) is 0 Å². The number of carbonyl (C=O) groups is 1. The minimum absolute atomic E-state index is 0.0943. The Kier molecular flexibility index (Phi) is 5.67. The Hall–Kier alpha value is -1.55. The third-order valence-electron chi connectivity index (χ3n) is 3.00. The molecule has 25 heavy (non-hydrogen) atoms. The van der Waals surface area contributed by atoms with Crippen LogP contribution < -0.4 is 11.1 Å². The van der Waals surface area contributed by atoms with Crippen molar-refractivity contribution < 1.29 is 4.79 Å². The molecule has 0 bridgehead atoms. The number of amides is 1. The molecule has 2 aromatic heterocycles. The van der Waals surface area contributed by atoms with Crippen LogP contribution >= 0.6 is 54.5 Å². The monoisotopic (exact) mass is 498 g/mol. The summed E-state index contributed by atoms with van der Waals surface area (Å²) in [6.07, 6.45) is 0. The molecule has 0 fully saturated rings. The molecule has 0 unspecified atom stereocenters. The summed E-state index contributed by atoms with van der Waals surface area (Å²) in [6.45, 7) is 1.47. The van der Waals surface area contributed by atoms with E-state index in [4.69, 9.17) is 5.73 Å². The Labute approximate surface area is 168 Å². The zero-order valence-corrected chi connectivity index (χ0v) is 17.7. The number of anilines is 2. The number of fused-ring (bicyclic) bond motifs is 2. The highest BCUT2D eigenvalue weighted by atomic mass is 79.9. The van der Waals surface area contributed by atoms with E-state index in [1.54, 1.807) is 0 Å². The summed E-state index contributed by atoms with van der Waals surface area (Å²) in [5.74, 6) is -0.0943. The van der Waals surface area contributed by atoms with Gasteiger partial charge < -0.3 is 11.1 Å². The lowest BCUT2D eigenvalue weighted by Gasteiger charge is -1.91. The molecule has 0 aliphatic rings. The molecule has 4 rings (SSSR count). The lowest BCUT2D eigenvalue weighted by molar-refractivity contribution is -0.114. The fourth-order valence-electron chi connectivity index (χ4n) is 2.02. The number of hydrogen-bond donors (Lipinski definition) is 2. The number of nitrogens with zero attached hydrogens (tertiary/aromatic N) is 2. The number of benzene rings is 2. The van der Waals surface area contributed by atoms with E-state index < -0.39 is 0 Å². The average molecular weight is 500 g/mol. The number of nitrogen functional groups attached to an aromatic ring is 1. The molecule has 0 aliphatic heterocycles. The Morgan fingerprint density at radius 1 is 1.00 bits per heavy atom. The first-order chi connectivity index (χ1) is 11.9. The van der Waals surface area contributed by atoms with Gasteiger partial charge in [-0.1, -0.05) is 54.5 Å². The summed E-state index contributed by atoms with van der Waals surface area (Å²) in [7, 11) is 0. The molecule has 128 valence electrons. The SMILES string of the molecule is CC(=O)Nc1nc2ccc(Br)cc2s1.Nc1nc2ccc(Br)cc2s1. The van der Waals surface area contributed by atoms with E-state index in [0.29, 0.717) is 10.3 Å². The van der Waals surface area contributed by atoms with Gasteiger partial charge in [-0.3, -0.25) is 4.79 Å². The van der Waals surface area contributed by atoms with Crippen LogP contribution in [0.1, 0.15) is 6.92 Å². The van der Waals surface area contributed by atoms with Crippen LogP contribution in [-0.2, 0) is 4.79 Å². The molecule has 0 atom stereocenters. The summed E-state index contributed by atoms with van der Waals surface area (Å²) >= 11 is 9.73. The van der Waals surface area contributed by atoms with Crippen LogP contribution in [-0.4, -0.2) is 15.9 Å². The van der Waals surface area contributed by atoms with Gasteiger partial charge in [-0.15, -0.1) is 0 Å². The summed E-state index contributed by atoms with van der Waals surface area (Å²) < 4.78 is 4.26. The van der Waals surface area contributed by atoms with E-state index in [2.05, 4.69) is 47.1 Å². The maximum absolute atomic E-state index is 10.8. The maximum atomic E-state index is 10.8. The van der Waals surface area contributed by atoms with Crippen LogP contribution in [0.5, 0.6) is 0 Å². The number of aromatic nitrogens is 2. The molecule has 9 heteroatoms. The summed E-state index contributed by atoms with van der Waals surface area (Å²) in [5.41, 5.74) is 7.41. The van der Waals surface area contributed by atoms with Crippen molar-refractivity contribution in [1.29, 1.82) is 0 Å². The second-order valence-corrected chi connectivity index (χ2v) is 8.90. The fourth-order valence-corrected chi connectivity index (χ4v) is 4.77.